The minimum Gasteiger partial charge on any atom is -0.465 e. The first-order chi connectivity index (χ1) is 14.8. The third-order valence-electron chi connectivity index (χ3n) is 4.74. The highest BCUT2D eigenvalue weighted by molar-refractivity contribution is 6.04. The van der Waals surface area contributed by atoms with Gasteiger partial charge in [-0.3, -0.25) is 15.0 Å². The van der Waals surface area contributed by atoms with Crippen molar-refractivity contribution in [2.75, 3.05) is 30.5 Å². The van der Waals surface area contributed by atoms with E-state index in [4.69, 9.17) is 15.9 Å². The van der Waals surface area contributed by atoms with Gasteiger partial charge in [0, 0.05) is 23.5 Å². The lowest BCUT2D eigenvalue weighted by Crippen LogP contribution is -2.55. The van der Waals surface area contributed by atoms with Gasteiger partial charge in [-0.2, -0.15) is 0 Å². The van der Waals surface area contributed by atoms with E-state index >= 15 is 0 Å². The number of carbonyl (C=O) groups is 3. The molecular weight excluding hydrogens is 404 g/mol. The quantitative estimate of drug-likeness (QED) is 0.298. The van der Waals surface area contributed by atoms with Gasteiger partial charge < -0.3 is 30.5 Å². The molecule has 31 heavy (non-hydrogen) atoms. The van der Waals surface area contributed by atoms with E-state index in [-0.39, 0.29) is 19.0 Å². The lowest BCUT2D eigenvalue weighted by atomic mass is 10.1. The summed E-state index contributed by atoms with van der Waals surface area (Å²) in [5.41, 5.74) is 7.07. The van der Waals surface area contributed by atoms with Crippen molar-refractivity contribution in [1.82, 2.24) is 0 Å². The Hall–Kier alpha value is -3.76. The molecule has 0 bridgehead atoms. The molecule has 0 unspecified atom stereocenters. The number of ether oxygens (including phenoxy) is 2. The number of nitrogen functional groups attached to an aromatic ring is 1. The first-order valence-electron chi connectivity index (χ1n) is 9.36. The second kappa shape index (κ2) is 9.37. The Bertz CT molecular complexity index is 990. The molecule has 0 saturated carbocycles. The van der Waals surface area contributed by atoms with Crippen LogP contribution in [0.3, 0.4) is 0 Å². The summed E-state index contributed by atoms with van der Waals surface area (Å²) in [6, 6.07) is 12.4. The van der Waals surface area contributed by atoms with Crippen LogP contribution >= 0.6 is 0 Å². The van der Waals surface area contributed by atoms with E-state index in [0.717, 1.165) is 0 Å². The second-order valence-corrected chi connectivity index (χ2v) is 6.74. The highest BCUT2D eigenvalue weighted by atomic mass is 16.5. The fourth-order valence-corrected chi connectivity index (χ4v) is 3.07. The van der Waals surface area contributed by atoms with Crippen molar-refractivity contribution in [3.8, 4) is 0 Å². The molecule has 1 heterocycles. The fourth-order valence-electron chi connectivity index (χ4n) is 3.07. The van der Waals surface area contributed by atoms with Gasteiger partial charge in [0.1, 0.15) is 5.84 Å². The van der Waals surface area contributed by atoms with Gasteiger partial charge in [-0.1, -0.05) is 0 Å². The van der Waals surface area contributed by atoms with Gasteiger partial charge in [-0.15, -0.1) is 0 Å². The van der Waals surface area contributed by atoms with E-state index in [9.17, 15) is 19.5 Å². The van der Waals surface area contributed by atoms with E-state index in [1.54, 1.807) is 24.3 Å². The number of amidine groups is 1. The monoisotopic (exact) mass is 426 g/mol. The Morgan fingerprint density at radius 3 is 2.39 bits per heavy atom. The zero-order valence-corrected chi connectivity index (χ0v) is 16.7. The lowest BCUT2D eigenvalue weighted by Gasteiger charge is -2.34. The number of nitrogens with zero attached hydrogens (tertiary/aromatic N) is 1. The molecule has 1 aliphatic heterocycles. The zero-order valence-electron chi connectivity index (χ0n) is 16.7. The Balaban J connectivity index is 1.68. The highest BCUT2D eigenvalue weighted by Crippen LogP contribution is 2.22. The molecule has 1 saturated heterocycles. The van der Waals surface area contributed by atoms with Crippen LogP contribution in [0.2, 0.25) is 0 Å². The standard InChI is InChI=1S/C21H22N4O6/c1-30-21(29)13-4-8-15(9-5-13)25-10-11-31-17(20(25)28)16(26)19(27)24-14-6-2-12(3-7-14)18(22)23/h2-9,16-17,26H,10-11H2,1H3,(H3,22,23)(H,24,27)/t16-,17-/m1/s1. The molecule has 0 spiro atoms. The number of carbonyl (C=O) groups excluding carboxylic acids is 3. The van der Waals surface area contributed by atoms with Gasteiger partial charge >= 0.3 is 5.97 Å². The summed E-state index contributed by atoms with van der Waals surface area (Å²) < 4.78 is 10.0. The number of methoxy groups -OCH3 is 1. The average Bonchev–Trinajstić information content (AvgIpc) is 2.78. The van der Waals surface area contributed by atoms with Crippen LogP contribution in [0, 0.1) is 5.41 Å². The minimum absolute atomic E-state index is 0.112. The number of esters is 1. The van der Waals surface area contributed by atoms with Crippen molar-refractivity contribution in [1.29, 1.82) is 5.41 Å². The van der Waals surface area contributed by atoms with Crippen LogP contribution in [0.15, 0.2) is 48.5 Å². The second-order valence-electron chi connectivity index (χ2n) is 6.74. The van der Waals surface area contributed by atoms with Crippen LogP contribution in [0.4, 0.5) is 11.4 Å². The number of aliphatic hydroxyl groups is 1. The lowest BCUT2D eigenvalue weighted by molar-refractivity contribution is -0.150. The molecule has 0 aliphatic carbocycles. The summed E-state index contributed by atoms with van der Waals surface area (Å²) in [4.78, 5) is 38.2. The van der Waals surface area contributed by atoms with Gasteiger partial charge in [-0.05, 0) is 48.5 Å². The van der Waals surface area contributed by atoms with Gasteiger partial charge in [0.15, 0.2) is 12.2 Å². The van der Waals surface area contributed by atoms with Crippen molar-refractivity contribution < 1.29 is 29.0 Å². The van der Waals surface area contributed by atoms with E-state index in [0.29, 0.717) is 22.5 Å². The number of benzene rings is 2. The van der Waals surface area contributed by atoms with Crippen molar-refractivity contribution in [3.63, 3.8) is 0 Å². The average molecular weight is 426 g/mol. The van der Waals surface area contributed by atoms with Crippen molar-refractivity contribution in [2.24, 2.45) is 5.73 Å². The summed E-state index contributed by atoms with van der Waals surface area (Å²) in [6.07, 6.45) is -3.12. The molecule has 2 atom stereocenters. The predicted molar refractivity (Wildman–Crippen MR) is 112 cm³/mol. The topological polar surface area (TPSA) is 155 Å². The first-order valence-corrected chi connectivity index (χ1v) is 9.36. The number of nitrogens with one attached hydrogen (secondary N) is 2. The third-order valence-corrected chi connectivity index (χ3v) is 4.74. The van der Waals surface area contributed by atoms with Gasteiger partial charge in [0.2, 0.25) is 0 Å². The maximum atomic E-state index is 12.9. The molecular formula is C21H22N4O6. The summed E-state index contributed by atoms with van der Waals surface area (Å²) in [5, 5.41) is 20.3. The Morgan fingerprint density at radius 2 is 1.81 bits per heavy atom. The van der Waals surface area contributed by atoms with Crippen LogP contribution in [0.5, 0.6) is 0 Å². The summed E-state index contributed by atoms with van der Waals surface area (Å²) in [5.74, 6) is -2.00. The van der Waals surface area contributed by atoms with E-state index in [2.05, 4.69) is 10.1 Å². The molecule has 10 heteroatoms. The largest absolute Gasteiger partial charge is 0.465 e. The van der Waals surface area contributed by atoms with Crippen LogP contribution in [-0.2, 0) is 19.1 Å². The maximum absolute atomic E-state index is 12.9. The van der Waals surface area contributed by atoms with Crippen molar-refractivity contribution >= 4 is 35.0 Å². The molecule has 0 aromatic heterocycles. The number of nitrogens with two attached hydrogens (primary N) is 1. The van der Waals surface area contributed by atoms with Crippen LogP contribution < -0.4 is 16.0 Å². The number of hydrogen-bond acceptors (Lipinski definition) is 7. The number of morpholine rings is 1. The number of amides is 2. The molecule has 10 nitrogen and oxygen atoms in total. The molecule has 2 amide bonds. The molecule has 162 valence electrons. The van der Waals surface area contributed by atoms with Crippen LogP contribution in [0.1, 0.15) is 15.9 Å². The maximum Gasteiger partial charge on any atom is 0.337 e. The molecule has 1 aliphatic rings. The van der Waals surface area contributed by atoms with Gasteiger partial charge in [0.25, 0.3) is 11.8 Å². The Morgan fingerprint density at radius 1 is 1.19 bits per heavy atom. The minimum atomic E-state index is -1.74. The predicted octanol–water partition coefficient (Wildman–Crippen LogP) is 0.489. The first kappa shape index (κ1) is 21.9. The third kappa shape index (κ3) is 4.87. The van der Waals surface area contributed by atoms with E-state index in [1.807, 2.05) is 0 Å². The van der Waals surface area contributed by atoms with Gasteiger partial charge in [0.05, 0.1) is 19.3 Å². The van der Waals surface area contributed by atoms with E-state index in [1.165, 1.54) is 36.3 Å². The number of anilines is 2. The highest BCUT2D eigenvalue weighted by Gasteiger charge is 2.39. The summed E-state index contributed by atoms with van der Waals surface area (Å²) >= 11 is 0. The summed E-state index contributed by atoms with van der Waals surface area (Å²) in [7, 11) is 1.27. The molecule has 3 rings (SSSR count). The van der Waals surface area contributed by atoms with E-state index < -0.39 is 30.0 Å². The number of rotatable bonds is 6. The molecule has 0 radical (unpaired) electrons. The number of hydrogen-bond donors (Lipinski definition) is 4. The Kier molecular flexibility index (Phi) is 6.63. The SMILES string of the molecule is COC(=O)c1ccc(N2CCO[C@H]([C@@H](O)C(=O)Nc3ccc(C(=N)N)cc3)C2=O)cc1. The molecule has 2 aromatic carbocycles. The number of aliphatic hydroxyl groups excluding tert-OH is 1. The van der Waals surface area contributed by atoms with Crippen LogP contribution in [0.25, 0.3) is 0 Å². The van der Waals surface area contributed by atoms with Gasteiger partial charge in [-0.25, -0.2) is 4.79 Å². The Labute approximate surface area is 178 Å². The van der Waals surface area contributed by atoms with Crippen LogP contribution in [-0.4, -0.2) is 61.2 Å². The fraction of sp³-hybridized carbons (Fsp3) is 0.238. The normalized spacial score (nSPS) is 17.0. The smallest absolute Gasteiger partial charge is 0.337 e. The van der Waals surface area contributed by atoms with Crippen molar-refractivity contribution in [2.45, 2.75) is 12.2 Å². The zero-order chi connectivity index (χ0) is 22.5. The molecule has 2 aromatic rings. The van der Waals surface area contributed by atoms with Crippen molar-refractivity contribution in [3.05, 3.63) is 59.7 Å². The molecule has 5 N–H and O–H groups in total. The molecule has 1 fully saturated rings. The summed E-state index contributed by atoms with van der Waals surface area (Å²) in [6.45, 7) is 0.348.